The van der Waals surface area contributed by atoms with Crippen molar-refractivity contribution >= 4 is 23.9 Å². The van der Waals surface area contributed by atoms with Crippen LogP contribution in [-0.4, -0.2) is 41.7 Å². The highest BCUT2D eigenvalue weighted by Crippen LogP contribution is 2.21. The zero-order chi connectivity index (χ0) is 18.0. The predicted octanol–water partition coefficient (Wildman–Crippen LogP) is -0.123. The number of hydrogen-bond acceptors (Lipinski definition) is 9. The summed E-state index contributed by atoms with van der Waals surface area (Å²) < 4.78 is 18.0. The Morgan fingerprint density at radius 1 is 0.826 bits per heavy atom. The fourth-order valence-electron chi connectivity index (χ4n) is 0.870. The Kier molecular flexibility index (Phi) is 7.70. The second kappa shape index (κ2) is 8.95. The van der Waals surface area contributed by atoms with Crippen molar-refractivity contribution in [1.82, 2.24) is 0 Å². The first-order valence-corrected chi connectivity index (χ1v) is 5.81. The topological polar surface area (TPSA) is 125 Å². The van der Waals surface area contributed by atoms with E-state index in [1.807, 2.05) is 0 Å². The van der Waals surface area contributed by atoms with Gasteiger partial charge in [-0.2, -0.15) is 0 Å². The quantitative estimate of drug-likeness (QED) is 0.350. The lowest BCUT2D eigenvalue weighted by Gasteiger charge is -2.27. The zero-order valence-corrected chi connectivity index (χ0v) is 12.0. The lowest BCUT2D eigenvalue weighted by Crippen LogP contribution is -2.48. The van der Waals surface area contributed by atoms with E-state index in [9.17, 15) is 19.2 Å². The van der Waals surface area contributed by atoms with Gasteiger partial charge >= 0.3 is 30.0 Å². The number of esters is 4. The van der Waals surface area contributed by atoms with Crippen LogP contribution in [0.25, 0.3) is 0 Å². The molecule has 0 spiro atoms. The van der Waals surface area contributed by atoms with Crippen LogP contribution in [0.15, 0.2) is 50.1 Å². The van der Waals surface area contributed by atoms with Crippen LogP contribution in [0.2, 0.25) is 0 Å². The van der Waals surface area contributed by atoms with Crippen molar-refractivity contribution in [2.75, 3.05) is 6.61 Å². The predicted molar refractivity (Wildman–Crippen MR) is 73.9 cm³/mol. The van der Waals surface area contributed by atoms with Gasteiger partial charge in [0.15, 0.2) is 0 Å². The van der Waals surface area contributed by atoms with Crippen LogP contribution >= 0.6 is 0 Å². The average molecular weight is 326 g/mol. The third-order valence-corrected chi connectivity index (χ3v) is 1.87. The van der Waals surface area contributed by atoms with Crippen LogP contribution in [0, 0.1) is 0 Å². The molecule has 9 heteroatoms. The van der Waals surface area contributed by atoms with Crippen LogP contribution in [0.1, 0.15) is 0 Å². The second-order valence-corrected chi connectivity index (χ2v) is 3.53. The summed E-state index contributed by atoms with van der Waals surface area (Å²) in [5.74, 6) is -5.17. The van der Waals surface area contributed by atoms with Gasteiger partial charge in [-0.15, -0.1) is 0 Å². The van der Waals surface area contributed by atoms with E-state index in [0.717, 1.165) is 0 Å². The van der Waals surface area contributed by atoms with Crippen molar-refractivity contribution < 1.29 is 43.2 Å². The Balaban J connectivity index is 5.76. The molecule has 0 fully saturated rings. The standard InChI is InChI=1S/C14H14O9/c1-5-10(16)20-14(21-11(17)6-2,22-12(18)7-3)23-13(19)9(4)8-15/h5-7,15H,1-4,8H2. The molecule has 0 aliphatic heterocycles. The van der Waals surface area contributed by atoms with Crippen LogP contribution < -0.4 is 0 Å². The summed E-state index contributed by atoms with van der Waals surface area (Å²) in [7, 11) is 0. The van der Waals surface area contributed by atoms with E-state index in [1.54, 1.807) is 0 Å². The molecule has 0 rings (SSSR count). The van der Waals surface area contributed by atoms with Gasteiger partial charge in [0.1, 0.15) is 0 Å². The summed E-state index contributed by atoms with van der Waals surface area (Å²) in [5.41, 5.74) is -0.506. The van der Waals surface area contributed by atoms with Gasteiger partial charge in [-0.3, -0.25) is 0 Å². The average Bonchev–Trinajstić information content (AvgIpc) is 2.52. The van der Waals surface area contributed by atoms with Crippen LogP contribution in [0.5, 0.6) is 0 Å². The molecular weight excluding hydrogens is 312 g/mol. The van der Waals surface area contributed by atoms with E-state index < -0.39 is 42.2 Å². The van der Waals surface area contributed by atoms with Crippen molar-refractivity contribution in [1.29, 1.82) is 0 Å². The smallest absolute Gasteiger partial charge is 0.391 e. The first-order chi connectivity index (χ1) is 10.7. The van der Waals surface area contributed by atoms with Crippen molar-refractivity contribution in [3.8, 4) is 0 Å². The summed E-state index contributed by atoms with van der Waals surface area (Å²) in [6, 6.07) is 0. The first kappa shape index (κ1) is 19.8. The van der Waals surface area contributed by atoms with Gasteiger partial charge in [-0.25, -0.2) is 19.2 Å². The van der Waals surface area contributed by atoms with E-state index in [-0.39, 0.29) is 0 Å². The van der Waals surface area contributed by atoms with Crippen LogP contribution in [-0.2, 0) is 38.1 Å². The minimum Gasteiger partial charge on any atom is -0.391 e. The van der Waals surface area contributed by atoms with E-state index in [1.165, 1.54) is 0 Å². The number of carbonyl (C=O) groups is 4. The maximum absolute atomic E-state index is 11.7. The third-order valence-electron chi connectivity index (χ3n) is 1.87. The summed E-state index contributed by atoms with van der Waals surface area (Å²) in [5, 5.41) is 8.81. The maximum atomic E-state index is 11.7. The van der Waals surface area contributed by atoms with Crippen molar-refractivity contribution in [3.05, 3.63) is 50.1 Å². The first-order valence-electron chi connectivity index (χ1n) is 5.81. The van der Waals surface area contributed by atoms with E-state index >= 15 is 0 Å². The van der Waals surface area contributed by atoms with Crippen molar-refractivity contribution in [2.24, 2.45) is 0 Å². The minimum atomic E-state index is -3.21. The number of ether oxygens (including phenoxy) is 4. The molecule has 1 N–H and O–H groups in total. The van der Waals surface area contributed by atoms with Crippen LogP contribution in [0.4, 0.5) is 0 Å². The number of hydrogen-bond donors (Lipinski definition) is 1. The van der Waals surface area contributed by atoms with Gasteiger partial charge in [0.05, 0.1) is 12.2 Å². The molecule has 0 unspecified atom stereocenters. The third kappa shape index (κ3) is 6.40. The largest absolute Gasteiger partial charge is 0.620 e. The summed E-state index contributed by atoms with van der Waals surface area (Å²) in [4.78, 5) is 45.7. The second-order valence-electron chi connectivity index (χ2n) is 3.53. The van der Waals surface area contributed by atoms with Crippen molar-refractivity contribution in [2.45, 2.75) is 6.16 Å². The molecule has 9 nitrogen and oxygen atoms in total. The fourth-order valence-corrected chi connectivity index (χ4v) is 0.870. The molecule has 0 aromatic rings. The molecule has 0 radical (unpaired) electrons. The fraction of sp³-hybridized carbons (Fsp3) is 0.143. The highest BCUT2D eigenvalue weighted by Gasteiger charge is 2.49. The van der Waals surface area contributed by atoms with Gasteiger partial charge < -0.3 is 24.1 Å². The number of aliphatic hydroxyl groups is 1. The molecule has 0 aromatic heterocycles. The normalized spacial score (nSPS) is 9.78. The van der Waals surface area contributed by atoms with E-state index in [0.29, 0.717) is 18.2 Å². The molecule has 124 valence electrons. The molecule has 0 aromatic carbocycles. The Bertz CT molecular complexity index is 504. The SMILES string of the molecule is C=CC(=O)OC(OC(=O)C=C)(OC(=O)C=C)OC(=O)C(=C)CO. The van der Waals surface area contributed by atoms with Gasteiger partial charge in [0.25, 0.3) is 0 Å². The molecule has 0 saturated carbocycles. The summed E-state index contributed by atoms with van der Waals surface area (Å²) in [6.07, 6.45) is -1.36. The van der Waals surface area contributed by atoms with Gasteiger partial charge in [0, 0.05) is 18.2 Å². The van der Waals surface area contributed by atoms with Crippen molar-refractivity contribution in [3.63, 3.8) is 0 Å². The maximum Gasteiger partial charge on any atom is 0.620 e. The molecule has 0 aliphatic rings. The highest BCUT2D eigenvalue weighted by molar-refractivity contribution is 5.89. The molecule has 0 atom stereocenters. The Hall–Kier alpha value is -3.20. The minimum absolute atomic E-state index is 0.506. The number of rotatable bonds is 9. The lowest BCUT2D eigenvalue weighted by atomic mass is 10.3. The molecule has 0 amide bonds. The molecule has 23 heavy (non-hydrogen) atoms. The van der Waals surface area contributed by atoms with E-state index in [2.05, 4.69) is 45.3 Å². The molecule has 0 heterocycles. The van der Waals surface area contributed by atoms with Crippen LogP contribution in [0.3, 0.4) is 0 Å². The Labute approximate surface area is 131 Å². The molecule has 0 aliphatic carbocycles. The zero-order valence-electron chi connectivity index (χ0n) is 12.0. The van der Waals surface area contributed by atoms with Gasteiger partial charge in [0.2, 0.25) is 0 Å². The molecule has 0 saturated heterocycles. The lowest BCUT2D eigenvalue weighted by molar-refractivity contribution is -0.427. The molecular formula is C14H14O9. The van der Waals surface area contributed by atoms with Gasteiger partial charge in [-0.05, 0) is 0 Å². The number of carbonyl (C=O) groups excluding carboxylic acids is 4. The highest BCUT2D eigenvalue weighted by atomic mass is 17.0. The monoisotopic (exact) mass is 326 g/mol. The van der Waals surface area contributed by atoms with Gasteiger partial charge in [-0.1, -0.05) is 26.3 Å². The Morgan fingerprint density at radius 2 is 1.17 bits per heavy atom. The Morgan fingerprint density at radius 3 is 1.43 bits per heavy atom. The summed E-state index contributed by atoms with van der Waals surface area (Å²) in [6.45, 7) is 11.6. The number of aliphatic hydroxyl groups excluding tert-OH is 1. The van der Waals surface area contributed by atoms with E-state index in [4.69, 9.17) is 5.11 Å². The molecule has 0 bridgehead atoms. The summed E-state index contributed by atoms with van der Waals surface area (Å²) >= 11 is 0.